The highest BCUT2D eigenvalue weighted by molar-refractivity contribution is 14.0. The molecule has 7 nitrogen and oxygen atoms in total. The van der Waals surface area contributed by atoms with E-state index in [1.807, 2.05) is 12.1 Å². The maximum atomic E-state index is 5.29. The zero-order chi connectivity index (χ0) is 17.5. The van der Waals surface area contributed by atoms with Crippen LogP contribution in [0.3, 0.4) is 0 Å². The van der Waals surface area contributed by atoms with E-state index in [0.29, 0.717) is 24.7 Å². The van der Waals surface area contributed by atoms with Crippen molar-refractivity contribution >= 4 is 41.3 Å². The molecule has 3 N–H and O–H groups in total. The zero-order valence-electron chi connectivity index (χ0n) is 14.8. The van der Waals surface area contributed by atoms with Gasteiger partial charge in [0.1, 0.15) is 5.82 Å². The lowest BCUT2D eigenvalue weighted by atomic mass is 10.4. The van der Waals surface area contributed by atoms with Crippen molar-refractivity contribution in [3.05, 3.63) is 46.1 Å². The van der Waals surface area contributed by atoms with E-state index in [0.717, 1.165) is 24.7 Å². The summed E-state index contributed by atoms with van der Waals surface area (Å²) < 4.78 is 5.29. The molecule has 3 aromatic rings. The molecular formula is C17H23IN6OS. The van der Waals surface area contributed by atoms with Crippen LogP contribution >= 0.6 is 35.3 Å². The van der Waals surface area contributed by atoms with Crippen LogP contribution in [0.25, 0.3) is 11.6 Å². The molecule has 0 unspecified atom stereocenters. The van der Waals surface area contributed by atoms with Crippen LogP contribution < -0.4 is 10.6 Å². The first kappa shape index (κ1) is 20.4. The number of H-pyrrole nitrogens is 1. The molecule has 0 fully saturated rings. The Hall–Kier alpha value is -1.88. The summed E-state index contributed by atoms with van der Waals surface area (Å²) in [6.07, 6.45) is 2.33. The fourth-order valence-electron chi connectivity index (χ4n) is 2.29. The van der Waals surface area contributed by atoms with Gasteiger partial charge < -0.3 is 15.1 Å². The second-order valence-electron chi connectivity index (χ2n) is 5.47. The monoisotopic (exact) mass is 486 g/mol. The molecule has 0 aliphatic heterocycles. The van der Waals surface area contributed by atoms with Gasteiger partial charge in [-0.05, 0) is 38.1 Å². The third kappa shape index (κ3) is 5.84. The van der Waals surface area contributed by atoms with Crippen LogP contribution in [0.4, 0.5) is 0 Å². The fourth-order valence-corrected chi connectivity index (χ4v) is 3.11. The SMILES string of the molecule is CCNC(=NCc1ccc(C)s1)NCCc1nc(-c2ccco2)n[nH]1.I. The number of halogens is 1. The number of furan rings is 1. The van der Waals surface area contributed by atoms with Gasteiger partial charge in [0.05, 0.1) is 12.8 Å². The number of hydrogen-bond acceptors (Lipinski definition) is 5. The van der Waals surface area contributed by atoms with E-state index in [9.17, 15) is 0 Å². The van der Waals surface area contributed by atoms with Crippen LogP contribution in [0, 0.1) is 6.92 Å². The Balaban J connectivity index is 0.00000243. The second kappa shape index (κ2) is 10.3. The summed E-state index contributed by atoms with van der Waals surface area (Å²) in [4.78, 5) is 11.6. The van der Waals surface area contributed by atoms with Gasteiger partial charge in [-0.3, -0.25) is 5.10 Å². The number of hydrogen-bond donors (Lipinski definition) is 3. The Morgan fingerprint density at radius 3 is 2.88 bits per heavy atom. The first-order chi connectivity index (χ1) is 12.2. The molecule has 0 aromatic carbocycles. The average Bonchev–Trinajstić information content (AvgIpc) is 3.34. The van der Waals surface area contributed by atoms with Crippen molar-refractivity contribution < 1.29 is 4.42 Å². The first-order valence-corrected chi connectivity index (χ1v) is 9.09. The molecule has 0 amide bonds. The number of guanidine groups is 1. The van der Waals surface area contributed by atoms with Crippen molar-refractivity contribution in [2.24, 2.45) is 4.99 Å². The lowest BCUT2D eigenvalue weighted by molar-refractivity contribution is 0.577. The number of rotatable bonds is 7. The Labute approximate surface area is 173 Å². The molecule has 26 heavy (non-hydrogen) atoms. The predicted octanol–water partition coefficient (Wildman–Crippen LogP) is 3.35. The van der Waals surface area contributed by atoms with E-state index in [-0.39, 0.29) is 24.0 Å². The van der Waals surface area contributed by atoms with Gasteiger partial charge in [-0.1, -0.05) is 0 Å². The molecule has 3 heterocycles. The first-order valence-electron chi connectivity index (χ1n) is 8.27. The van der Waals surface area contributed by atoms with E-state index in [2.05, 4.69) is 56.8 Å². The van der Waals surface area contributed by atoms with E-state index in [1.165, 1.54) is 9.75 Å². The molecule has 3 rings (SSSR count). The maximum absolute atomic E-state index is 5.29. The van der Waals surface area contributed by atoms with Crippen molar-refractivity contribution in [1.29, 1.82) is 0 Å². The van der Waals surface area contributed by atoms with Crippen LogP contribution in [-0.2, 0) is 13.0 Å². The van der Waals surface area contributed by atoms with Gasteiger partial charge in [-0.25, -0.2) is 9.98 Å². The fraction of sp³-hybridized carbons (Fsp3) is 0.353. The minimum atomic E-state index is 0. The highest BCUT2D eigenvalue weighted by Gasteiger charge is 2.08. The van der Waals surface area contributed by atoms with Gasteiger partial charge in [-0.15, -0.1) is 35.3 Å². The number of aromatic amines is 1. The largest absolute Gasteiger partial charge is 0.461 e. The molecule has 140 valence electrons. The van der Waals surface area contributed by atoms with Crippen LogP contribution in [0.2, 0.25) is 0 Å². The Kier molecular flexibility index (Phi) is 8.10. The molecule has 0 atom stereocenters. The number of thiophene rings is 1. The second-order valence-corrected chi connectivity index (χ2v) is 6.84. The standard InChI is InChI=1S/C17H22N6OS.HI/c1-3-18-17(20-11-13-7-6-12(2)25-13)19-9-8-15-21-16(23-22-15)14-5-4-10-24-14;/h4-7,10H,3,8-9,11H2,1-2H3,(H2,18,19,20)(H,21,22,23);1H. The van der Waals surface area contributed by atoms with E-state index < -0.39 is 0 Å². The highest BCUT2D eigenvalue weighted by atomic mass is 127. The third-order valence-electron chi connectivity index (χ3n) is 3.46. The highest BCUT2D eigenvalue weighted by Crippen LogP contribution is 2.16. The zero-order valence-corrected chi connectivity index (χ0v) is 17.9. The topological polar surface area (TPSA) is 91.1 Å². The molecule has 0 aliphatic carbocycles. The number of nitrogens with one attached hydrogen (secondary N) is 3. The minimum Gasteiger partial charge on any atom is -0.461 e. The van der Waals surface area contributed by atoms with Gasteiger partial charge in [0.25, 0.3) is 0 Å². The normalized spacial score (nSPS) is 11.2. The van der Waals surface area contributed by atoms with E-state index in [1.54, 1.807) is 17.6 Å². The summed E-state index contributed by atoms with van der Waals surface area (Å²) in [5.74, 6) is 2.85. The lowest BCUT2D eigenvalue weighted by Gasteiger charge is -2.10. The summed E-state index contributed by atoms with van der Waals surface area (Å²) in [6.45, 7) is 6.37. The summed E-state index contributed by atoms with van der Waals surface area (Å²) >= 11 is 1.78. The summed E-state index contributed by atoms with van der Waals surface area (Å²) in [6, 6.07) is 7.91. The van der Waals surface area contributed by atoms with Gasteiger partial charge in [0.2, 0.25) is 5.82 Å². The van der Waals surface area contributed by atoms with Crippen molar-refractivity contribution in [2.75, 3.05) is 13.1 Å². The van der Waals surface area contributed by atoms with Crippen molar-refractivity contribution in [3.8, 4) is 11.6 Å². The van der Waals surface area contributed by atoms with Crippen LogP contribution in [-0.4, -0.2) is 34.2 Å². The summed E-state index contributed by atoms with van der Waals surface area (Å²) in [5.41, 5.74) is 0. The number of aromatic nitrogens is 3. The predicted molar refractivity (Wildman–Crippen MR) is 115 cm³/mol. The molecule has 0 saturated carbocycles. The number of aryl methyl sites for hydroxylation is 1. The van der Waals surface area contributed by atoms with Crippen molar-refractivity contribution in [3.63, 3.8) is 0 Å². The third-order valence-corrected chi connectivity index (χ3v) is 4.45. The Bertz CT molecular complexity index is 811. The number of nitrogens with zero attached hydrogens (tertiary/aromatic N) is 3. The minimum absolute atomic E-state index is 0. The van der Waals surface area contributed by atoms with Crippen molar-refractivity contribution in [2.45, 2.75) is 26.8 Å². The van der Waals surface area contributed by atoms with Crippen LogP contribution in [0.15, 0.2) is 39.9 Å². The van der Waals surface area contributed by atoms with Gasteiger partial charge in [0.15, 0.2) is 11.7 Å². The smallest absolute Gasteiger partial charge is 0.216 e. The van der Waals surface area contributed by atoms with Gasteiger partial charge >= 0.3 is 0 Å². The molecule has 9 heteroatoms. The summed E-state index contributed by atoms with van der Waals surface area (Å²) in [5, 5.41) is 13.7. The molecule has 0 saturated heterocycles. The summed E-state index contributed by atoms with van der Waals surface area (Å²) in [7, 11) is 0. The quantitative estimate of drug-likeness (QED) is 0.271. The molecule has 0 spiro atoms. The number of aliphatic imine (C=N–C) groups is 1. The maximum Gasteiger partial charge on any atom is 0.216 e. The van der Waals surface area contributed by atoms with Gasteiger partial charge in [-0.2, -0.15) is 5.10 Å². The lowest BCUT2D eigenvalue weighted by Crippen LogP contribution is -2.38. The van der Waals surface area contributed by atoms with Crippen LogP contribution in [0.5, 0.6) is 0 Å². The van der Waals surface area contributed by atoms with Crippen LogP contribution in [0.1, 0.15) is 22.5 Å². The van der Waals surface area contributed by atoms with E-state index >= 15 is 0 Å². The average molecular weight is 486 g/mol. The van der Waals surface area contributed by atoms with E-state index in [4.69, 9.17) is 4.42 Å². The Morgan fingerprint density at radius 2 is 2.19 bits per heavy atom. The van der Waals surface area contributed by atoms with Crippen molar-refractivity contribution in [1.82, 2.24) is 25.8 Å². The molecule has 0 radical (unpaired) electrons. The Morgan fingerprint density at radius 1 is 1.31 bits per heavy atom. The molecule has 3 aromatic heterocycles. The molecular weight excluding hydrogens is 463 g/mol. The van der Waals surface area contributed by atoms with Gasteiger partial charge in [0, 0.05) is 29.3 Å². The molecule has 0 aliphatic rings. The molecule has 0 bridgehead atoms.